The zero-order valence-electron chi connectivity index (χ0n) is 18.1. The molecule has 4 rings (SSSR count). The van der Waals surface area contributed by atoms with Crippen molar-refractivity contribution in [2.24, 2.45) is 0 Å². The Balaban J connectivity index is 1.82. The average molecular weight is 425 g/mol. The van der Waals surface area contributed by atoms with Crippen molar-refractivity contribution in [3.8, 4) is 17.0 Å². The fourth-order valence-corrected chi connectivity index (χ4v) is 3.80. The summed E-state index contributed by atoms with van der Waals surface area (Å²) in [5.74, 6) is 0.303. The molecule has 8 nitrogen and oxygen atoms in total. The molecule has 1 saturated heterocycles. The number of esters is 1. The number of rotatable bonds is 7. The van der Waals surface area contributed by atoms with Crippen molar-refractivity contribution in [3.05, 3.63) is 41.6 Å². The summed E-state index contributed by atoms with van der Waals surface area (Å²) < 4.78 is 23.5. The molecule has 3 heterocycles. The molecule has 1 atom stereocenters. The minimum atomic E-state index is -0.386. The number of fused-ring (bicyclic) bond motifs is 1. The minimum absolute atomic E-state index is 0.177. The van der Waals surface area contributed by atoms with Crippen molar-refractivity contribution >= 4 is 17.0 Å². The zero-order valence-corrected chi connectivity index (χ0v) is 18.1. The lowest BCUT2D eigenvalue weighted by atomic mass is 10.1. The molecule has 2 aromatic heterocycles. The number of hydrogen-bond donors (Lipinski definition) is 0. The van der Waals surface area contributed by atoms with E-state index in [2.05, 4.69) is 5.10 Å². The third kappa shape index (κ3) is 4.40. The van der Waals surface area contributed by atoms with Crippen LogP contribution in [0.15, 0.2) is 30.3 Å². The summed E-state index contributed by atoms with van der Waals surface area (Å²) in [4.78, 5) is 17.7. The molecule has 1 aromatic carbocycles. The number of methoxy groups -OCH3 is 1. The third-order valence-corrected chi connectivity index (χ3v) is 5.25. The van der Waals surface area contributed by atoms with Gasteiger partial charge in [-0.25, -0.2) is 14.5 Å². The first-order valence-corrected chi connectivity index (χ1v) is 10.5. The van der Waals surface area contributed by atoms with E-state index in [1.807, 2.05) is 35.9 Å². The van der Waals surface area contributed by atoms with Gasteiger partial charge in [0.05, 0.1) is 28.9 Å². The molecule has 1 aliphatic rings. The van der Waals surface area contributed by atoms with Gasteiger partial charge in [-0.1, -0.05) is 0 Å². The lowest BCUT2D eigenvalue weighted by molar-refractivity contribution is -0.0371. The Morgan fingerprint density at radius 1 is 1.26 bits per heavy atom. The molecule has 0 bridgehead atoms. The van der Waals surface area contributed by atoms with E-state index in [4.69, 9.17) is 23.9 Å². The van der Waals surface area contributed by atoms with Crippen molar-refractivity contribution in [1.82, 2.24) is 14.8 Å². The second kappa shape index (κ2) is 9.45. The third-order valence-electron chi connectivity index (χ3n) is 5.25. The predicted molar refractivity (Wildman–Crippen MR) is 115 cm³/mol. The van der Waals surface area contributed by atoms with Crippen molar-refractivity contribution in [1.29, 1.82) is 0 Å². The highest BCUT2D eigenvalue weighted by Gasteiger charge is 2.25. The van der Waals surface area contributed by atoms with Gasteiger partial charge in [0, 0.05) is 19.3 Å². The second-order valence-electron chi connectivity index (χ2n) is 7.40. The van der Waals surface area contributed by atoms with Crippen LogP contribution in [0.1, 0.15) is 48.5 Å². The Morgan fingerprint density at radius 2 is 2.06 bits per heavy atom. The van der Waals surface area contributed by atoms with Crippen molar-refractivity contribution < 1.29 is 23.7 Å². The molecule has 0 spiro atoms. The highest BCUT2D eigenvalue weighted by Crippen LogP contribution is 2.32. The number of hydrogen-bond acceptors (Lipinski definition) is 7. The molecule has 1 aliphatic heterocycles. The lowest BCUT2D eigenvalue weighted by Gasteiger charge is -2.23. The first-order chi connectivity index (χ1) is 15.1. The van der Waals surface area contributed by atoms with Gasteiger partial charge in [-0.15, -0.1) is 0 Å². The van der Waals surface area contributed by atoms with Crippen molar-refractivity contribution in [3.63, 3.8) is 0 Å². The van der Waals surface area contributed by atoms with Crippen LogP contribution < -0.4 is 4.74 Å². The van der Waals surface area contributed by atoms with E-state index in [-0.39, 0.29) is 19.0 Å². The van der Waals surface area contributed by atoms with Crippen LogP contribution in [0.2, 0.25) is 0 Å². The maximum atomic E-state index is 12.8. The molecular formula is C23H27N3O5. The van der Waals surface area contributed by atoms with E-state index in [1.165, 1.54) is 0 Å². The summed E-state index contributed by atoms with van der Waals surface area (Å²) in [6, 6.07) is 9.26. The average Bonchev–Trinajstić information content (AvgIpc) is 3.14. The van der Waals surface area contributed by atoms with Crippen molar-refractivity contribution in [2.45, 2.75) is 39.3 Å². The SMILES string of the molecule is CCOC(=O)c1cc(-c2ccc(OCOC)cc2)nc2c1c(C)nn2C1CCCCO1. The van der Waals surface area contributed by atoms with Gasteiger partial charge in [0.2, 0.25) is 0 Å². The lowest BCUT2D eigenvalue weighted by Crippen LogP contribution is -2.19. The van der Waals surface area contributed by atoms with E-state index in [0.29, 0.717) is 41.3 Å². The number of nitrogens with zero attached hydrogens (tertiary/aromatic N) is 3. The van der Waals surface area contributed by atoms with Gasteiger partial charge in [0.15, 0.2) is 18.7 Å². The zero-order chi connectivity index (χ0) is 21.8. The molecule has 3 aromatic rings. The van der Waals surface area contributed by atoms with Crippen LogP contribution in [-0.2, 0) is 14.2 Å². The summed E-state index contributed by atoms with van der Waals surface area (Å²) in [7, 11) is 1.57. The Labute approximate surface area is 181 Å². The van der Waals surface area contributed by atoms with Gasteiger partial charge in [0.25, 0.3) is 0 Å². The monoisotopic (exact) mass is 425 g/mol. The minimum Gasteiger partial charge on any atom is -0.468 e. The molecule has 0 radical (unpaired) electrons. The fraction of sp³-hybridized carbons (Fsp3) is 0.435. The summed E-state index contributed by atoms with van der Waals surface area (Å²) in [6.45, 7) is 4.84. The van der Waals surface area contributed by atoms with Gasteiger partial charge in [-0.2, -0.15) is 5.10 Å². The fourth-order valence-electron chi connectivity index (χ4n) is 3.80. The highest BCUT2D eigenvalue weighted by molar-refractivity contribution is 6.05. The Bertz CT molecular complexity index is 1060. The number of aromatic nitrogens is 3. The first-order valence-electron chi connectivity index (χ1n) is 10.5. The smallest absolute Gasteiger partial charge is 0.339 e. The van der Waals surface area contributed by atoms with E-state index in [9.17, 15) is 4.79 Å². The van der Waals surface area contributed by atoms with E-state index in [1.54, 1.807) is 20.1 Å². The Hall–Kier alpha value is -2.97. The number of benzene rings is 1. The van der Waals surface area contributed by atoms with Crippen LogP contribution in [0.4, 0.5) is 0 Å². The molecule has 0 N–H and O–H groups in total. The van der Waals surface area contributed by atoms with Gasteiger partial charge in [-0.3, -0.25) is 0 Å². The normalized spacial score (nSPS) is 16.4. The largest absolute Gasteiger partial charge is 0.468 e. The van der Waals surface area contributed by atoms with Gasteiger partial charge >= 0.3 is 5.97 Å². The predicted octanol–water partition coefficient (Wildman–Crippen LogP) is 4.27. The molecule has 31 heavy (non-hydrogen) atoms. The molecular weight excluding hydrogens is 398 g/mol. The number of carbonyl (C=O) groups is 1. The van der Waals surface area contributed by atoms with E-state index >= 15 is 0 Å². The second-order valence-corrected chi connectivity index (χ2v) is 7.40. The van der Waals surface area contributed by atoms with E-state index < -0.39 is 0 Å². The molecule has 0 amide bonds. The topological polar surface area (TPSA) is 84.7 Å². The van der Waals surface area contributed by atoms with Gasteiger partial charge in [-0.05, 0) is 63.4 Å². The van der Waals surface area contributed by atoms with Crippen LogP contribution in [0.3, 0.4) is 0 Å². The van der Waals surface area contributed by atoms with Crippen molar-refractivity contribution in [2.75, 3.05) is 27.1 Å². The molecule has 1 fully saturated rings. The van der Waals surface area contributed by atoms with Crippen LogP contribution in [-0.4, -0.2) is 47.9 Å². The maximum Gasteiger partial charge on any atom is 0.339 e. The quantitative estimate of drug-likeness (QED) is 0.413. The summed E-state index contributed by atoms with van der Waals surface area (Å²) in [5, 5.41) is 5.39. The van der Waals surface area contributed by atoms with Crippen LogP contribution >= 0.6 is 0 Å². The standard InChI is InChI=1S/C23H27N3O5/c1-4-29-23(27)18-13-19(16-8-10-17(11-9-16)31-14-28-3)24-22-21(18)15(2)25-26(22)20-7-5-6-12-30-20/h8-11,13,20H,4-7,12,14H2,1-3H3. The number of aryl methyl sites for hydroxylation is 1. The molecule has 164 valence electrons. The molecule has 1 unspecified atom stereocenters. The van der Waals surface area contributed by atoms with Gasteiger partial charge in [0.1, 0.15) is 5.75 Å². The Kier molecular flexibility index (Phi) is 6.48. The first kappa shape index (κ1) is 21.3. The molecule has 8 heteroatoms. The summed E-state index contributed by atoms with van der Waals surface area (Å²) in [6.07, 6.45) is 2.78. The summed E-state index contributed by atoms with van der Waals surface area (Å²) in [5.41, 5.74) is 3.33. The van der Waals surface area contributed by atoms with Gasteiger partial charge < -0.3 is 18.9 Å². The number of ether oxygens (including phenoxy) is 4. The number of carbonyl (C=O) groups excluding carboxylic acids is 1. The van der Waals surface area contributed by atoms with Crippen LogP contribution in [0, 0.1) is 6.92 Å². The summed E-state index contributed by atoms with van der Waals surface area (Å²) >= 11 is 0. The maximum absolute atomic E-state index is 12.8. The molecule has 0 saturated carbocycles. The highest BCUT2D eigenvalue weighted by atomic mass is 16.7. The number of pyridine rings is 1. The van der Waals surface area contributed by atoms with E-state index in [0.717, 1.165) is 30.5 Å². The van der Waals surface area contributed by atoms with Crippen LogP contribution in [0.25, 0.3) is 22.3 Å². The Morgan fingerprint density at radius 3 is 2.74 bits per heavy atom. The van der Waals surface area contributed by atoms with Crippen LogP contribution in [0.5, 0.6) is 5.75 Å². The molecule has 0 aliphatic carbocycles.